The smallest absolute Gasteiger partial charge is 0.326 e. The predicted molar refractivity (Wildman–Crippen MR) is 73.4 cm³/mol. The number of carboxylic acid groups (broad SMARTS) is 1. The van der Waals surface area contributed by atoms with Gasteiger partial charge in [-0.05, 0) is 48.1 Å². The summed E-state index contributed by atoms with van der Waals surface area (Å²) < 4.78 is 0. The lowest BCUT2D eigenvalue weighted by Gasteiger charge is -2.32. The molecule has 19 heavy (non-hydrogen) atoms. The third-order valence-corrected chi connectivity index (χ3v) is 4.05. The van der Waals surface area contributed by atoms with Gasteiger partial charge in [0.25, 0.3) is 0 Å². The standard InChI is InChI=1S/C13H18N2O3S/c16-12(17)11-3-1-2-7-15(11)13(18)14-6-4-10-5-8-19-9-10/h5,8-9,11H,1-4,6-7H2,(H,14,18)(H,16,17). The van der Waals surface area contributed by atoms with E-state index in [0.717, 1.165) is 19.3 Å². The van der Waals surface area contributed by atoms with E-state index < -0.39 is 12.0 Å². The molecule has 0 aliphatic carbocycles. The van der Waals surface area contributed by atoms with E-state index in [1.165, 1.54) is 10.5 Å². The molecular weight excluding hydrogens is 264 g/mol. The minimum Gasteiger partial charge on any atom is -0.480 e. The number of amides is 2. The van der Waals surface area contributed by atoms with Crippen LogP contribution in [0.3, 0.4) is 0 Å². The third kappa shape index (κ3) is 3.70. The van der Waals surface area contributed by atoms with Gasteiger partial charge < -0.3 is 15.3 Å². The summed E-state index contributed by atoms with van der Waals surface area (Å²) in [6.45, 7) is 1.07. The van der Waals surface area contributed by atoms with E-state index in [1.807, 2.05) is 16.8 Å². The second-order valence-electron chi connectivity index (χ2n) is 4.66. The molecule has 1 unspecified atom stereocenters. The Kier molecular flexibility index (Phi) is 4.79. The summed E-state index contributed by atoms with van der Waals surface area (Å²) >= 11 is 1.63. The van der Waals surface area contributed by atoms with Crippen molar-refractivity contribution in [3.63, 3.8) is 0 Å². The molecule has 2 rings (SSSR count). The molecule has 0 saturated carbocycles. The molecule has 1 aliphatic heterocycles. The molecule has 2 N–H and O–H groups in total. The second kappa shape index (κ2) is 6.56. The van der Waals surface area contributed by atoms with E-state index in [0.29, 0.717) is 19.5 Å². The van der Waals surface area contributed by atoms with E-state index in [-0.39, 0.29) is 6.03 Å². The van der Waals surface area contributed by atoms with Crippen LogP contribution >= 0.6 is 11.3 Å². The Bertz CT molecular complexity index is 433. The average Bonchev–Trinajstić information content (AvgIpc) is 2.91. The van der Waals surface area contributed by atoms with Crippen LogP contribution in [-0.2, 0) is 11.2 Å². The number of piperidine rings is 1. The number of carbonyl (C=O) groups is 2. The first-order valence-electron chi connectivity index (χ1n) is 6.47. The summed E-state index contributed by atoms with van der Waals surface area (Å²) in [6, 6.07) is 1.09. The van der Waals surface area contributed by atoms with E-state index >= 15 is 0 Å². The molecule has 104 valence electrons. The molecule has 0 radical (unpaired) electrons. The Hall–Kier alpha value is -1.56. The van der Waals surface area contributed by atoms with Crippen molar-refractivity contribution in [3.05, 3.63) is 22.4 Å². The van der Waals surface area contributed by atoms with Gasteiger partial charge in [0.2, 0.25) is 0 Å². The molecule has 6 heteroatoms. The first-order valence-corrected chi connectivity index (χ1v) is 7.41. The van der Waals surface area contributed by atoms with Gasteiger partial charge >= 0.3 is 12.0 Å². The Balaban J connectivity index is 1.82. The van der Waals surface area contributed by atoms with Gasteiger partial charge in [-0.1, -0.05) is 0 Å². The Morgan fingerprint density at radius 3 is 3.00 bits per heavy atom. The molecule has 5 nitrogen and oxygen atoms in total. The number of carboxylic acids is 1. The molecule has 2 amide bonds. The number of thiophene rings is 1. The number of hydrogen-bond acceptors (Lipinski definition) is 3. The van der Waals surface area contributed by atoms with E-state index in [1.54, 1.807) is 11.3 Å². The lowest BCUT2D eigenvalue weighted by molar-refractivity contribution is -0.143. The van der Waals surface area contributed by atoms with Crippen molar-refractivity contribution in [2.75, 3.05) is 13.1 Å². The number of carbonyl (C=O) groups excluding carboxylic acids is 1. The maximum Gasteiger partial charge on any atom is 0.326 e. The van der Waals surface area contributed by atoms with E-state index in [2.05, 4.69) is 5.32 Å². The van der Waals surface area contributed by atoms with Crippen LogP contribution in [0.2, 0.25) is 0 Å². The number of hydrogen-bond donors (Lipinski definition) is 2. The molecule has 1 atom stereocenters. The van der Waals surface area contributed by atoms with Crippen LogP contribution in [0.1, 0.15) is 24.8 Å². The van der Waals surface area contributed by atoms with Crippen molar-refractivity contribution in [2.24, 2.45) is 0 Å². The van der Waals surface area contributed by atoms with Crippen molar-refractivity contribution in [2.45, 2.75) is 31.7 Å². The molecule has 1 aromatic rings. The van der Waals surface area contributed by atoms with Crippen molar-refractivity contribution in [1.29, 1.82) is 0 Å². The van der Waals surface area contributed by atoms with Gasteiger partial charge in [0.15, 0.2) is 0 Å². The van der Waals surface area contributed by atoms with Gasteiger partial charge in [-0.25, -0.2) is 9.59 Å². The third-order valence-electron chi connectivity index (χ3n) is 3.32. The van der Waals surface area contributed by atoms with Crippen LogP contribution in [0.4, 0.5) is 4.79 Å². The first kappa shape index (κ1) is 13.9. The van der Waals surface area contributed by atoms with Gasteiger partial charge in [0, 0.05) is 13.1 Å². The van der Waals surface area contributed by atoms with Gasteiger partial charge in [-0.15, -0.1) is 0 Å². The van der Waals surface area contributed by atoms with Gasteiger partial charge in [-0.3, -0.25) is 0 Å². The predicted octanol–water partition coefficient (Wildman–Crippen LogP) is 1.94. The Morgan fingerprint density at radius 2 is 2.32 bits per heavy atom. The summed E-state index contributed by atoms with van der Waals surface area (Å²) in [5.41, 5.74) is 1.19. The van der Waals surface area contributed by atoms with Crippen LogP contribution in [-0.4, -0.2) is 41.1 Å². The van der Waals surface area contributed by atoms with Crippen LogP contribution in [0.5, 0.6) is 0 Å². The van der Waals surface area contributed by atoms with E-state index in [4.69, 9.17) is 5.11 Å². The fourth-order valence-electron chi connectivity index (χ4n) is 2.28. The van der Waals surface area contributed by atoms with Gasteiger partial charge in [0.05, 0.1) is 0 Å². The topological polar surface area (TPSA) is 69.6 Å². The molecule has 1 saturated heterocycles. The largest absolute Gasteiger partial charge is 0.480 e. The highest BCUT2D eigenvalue weighted by molar-refractivity contribution is 7.07. The highest BCUT2D eigenvalue weighted by atomic mass is 32.1. The molecule has 1 fully saturated rings. The normalized spacial score (nSPS) is 19.2. The van der Waals surface area contributed by atoms with Gasteiger partial charge in [-0.2, -0.15) is 11.3 Å². The molecule has 2 heterocycles. The summed E-state index contributed by atoms with van der Waals surface area (Å²) in [7, 11) is 0. The zero-order valence-electron chi connectivity index (χ0n) is 10.7. The van der Waals surface area contributed by atoms with Crippen LogP contribution in [0.25, 0.3) is 0 Å². The number of urea groups is 1. The molecule has 1 aliphatic rings. The monoisotopic (exact) mass is 282 g/mol. The summed E-state index contributed by atoms with van der Waals surface area (Å²) in [4.78, 5) is 24.5. The SMILES string of the molecule is O=C(O)C1CCCCN1C(=O)NCCc1ccsc1. The minimum absolute atomic E-state index is 0.262. The highest BCUT2D eigenvalue weighted by Crippen LogP contribution is 2.17. The summed E-state index contributed by atoms with van der Waals surface area (Å²) in [6.07, 6.45) is 3.07. The zero-order chi connectivity index (χ0) is 13.7. The molecule has 1 aromatic heterocycles. The maximum atomic E-state index is 12.0. The van der Waals surface area contributed by atoms with Crippen molar-refractivity contribution in [1.82, 2.24) is 10.2 Å². The molecule has 0 aromatic carbocycles. The average molecular weight is 282 g/mol. The number of nitrogens with one attached hydrogen (secondary N) is 1. The summed E-state index contributed by atoms with van der Waals surface area (Å²) in [5, 5.41) is 16.0. The quantitative estimate of drug-likeness (QED) is 0.886. The maximum absolute atomic E-state index is 12.0. The Morgan fingerprint density at radius 1 is 1.47 bits per heavy atom. The highest BCUT2D eigenvalue weighted by Gasteiger charge is 2.31. The number of rotatable bonds is 4. The molecule has 0 spiro atoms. The van der Waals surface area contributed by atoms with Crippen molar-refractivity contribution < 1.29 is 14.7 Å². The van der Waals surface area contributed by atoms with E-state index in [9.17, 15) is 9.59 Å². The fourth-order valence-corrected chi connectivity index (χ4v) is 2.98. The lowest BCUT2D eigenvalue weighted by Crippen LogP contribution is -2.52. The zero-order valence-corrected chi connectivity index (χ0v) is 11.5. The molecular formula is C13H18N2O3S. The van der Waals surface area contributed by atoms with Crippen LogP contribution in [0.15, 0.2) is 16.8 Å². The Labute approximate surface area is 116 Å². The first-order chi connectivity index (χ1) is 9.18. The lowest BCUT2D eigenvalue weighted by atomic mass is 10.0. The fraction of sp³-hybridized carbons (Fsp3) is 0.538. The summed E-state index contributed by atoms with van der Waals surface area (Å²) in [5.74, 6) is -0.910. The van der Waals surface area contributed by atoms with Crippen LogP contribution in [0, 0.1) is 0 Å². The molecule has 0 bridgehead atoms. The van der Waals surface area contributed by atoms with Gasteiger partial charge in [0.1, 0.15) is 6.04 Å². The van der Waals surface area contributed by atoms with Crippen molar-refractivity contribution in [3.8, 4) is 0 Å². The van der Waals surface area contributed by atoms with Crippen molar-refractivity contribution >= 4 is 23.3 Å². The second-order valence-corrected chi connectivity index (χ2v) is 5.44. The number of aliphatic carboxylic acids is 1. The van der Waals surface area contributed by atoms with Crippen LogP contribution < -0.4 is 5.32 Å². The number of likely N-dealkylation sites (tertiary alicyclic amines) is 1. The number of nitrogens with zero attached hydrogens (tertiary/aromatic N) is 1. The minimum atomic E-state index is -0.910.